The van der Waals surface area contributed by atoms with Gasteiger partial charge in [-0.2, -0.15) is 0 Å². The molecule has 0 aliphatic rings. The largest absolute Gasteiger partial charge is 0.504 e. The van der Waals surface area contributed by atoms with Crippen molar-refractivity contribution < 1.29 is 19.7 Å². The predicted molar refractivity (Wildman–Crippen MR) is 124 cm³/mol. The van der Waals surface area contributed by atoms with E-state index in [1.807, 2.05) is 25.1 Å². The topological polar surface area (TPSA) is 130 Å². The van der Waals surface area contributed by atoms with E-state index in [4.69, 9.17) is 10.5 Å². The van der Waals surface area contributed by atoms with Gasteiger partial charge in [-0.1, -0.05) is 18.2 Å². The lowest BCUT2D eigenvalue weighted by Gasteiger charge is -2.18. The normalized spacial score (nSPS) is 12.7. The number of aromatic nitrogens is 1. The highest BCUT2D eigenvalue weighted by molar-refractivity contribution is 6.04. The van der Waals surface area contributed by atoms with Crippen molar-refractivity contribution in [3.8, 4) is 11.5 Å². The molecule has 0 bridgehead atoms. The molecule has 8 nitrogen and oxygen atoms in total. The number of hydrogen-bond acceptors (Lipinski definition) is 7. The fourth-order valence-corrected chi connectivity index (χ4v) is 3.28. The zero-order valence-electron chi connectivity index (χ0n) is 18.1. The lowest BCUT2D eigenvalue weighted by molar-refractivity contribution is 0.102. The van der Waals surface area contributed by atoms with E-state index in [9.17, 15) is 15.0 Å². The van der Waals surface area contributed by atoms with Gasteiger partial charge in [0.05, 0.1) is 13.2 Å². The number of nitrogens with zero attached hydrogens (tertiary/aromatic N) is 1. The third-order valence-corrected chi connectivity index (χ3v) is 5.02. The molecular formula is C24H28N4O4. The van der Waals surface area contributed by atoms with Crippen LogP contribution in [0.2, 0.25) is 0 Å². The number of rotatable bonds is 9. The second-order valence-corrected chi connectivity index (χ2v) is 7.59. The van der Waals surface area contributed by atoms with E-state index in [0.717, 1.165) is 5.56 Å². The molecule has 0 aliphatic carbocycles. The number of pyridine rings is 1. The summed E-state index contributed by atoms with van der Waals surface area (Å²) >= 11 is 0. The predicted octanol–water partition coefficient (Wildman–Crippen LogP) is 2.88. The van der Waals surface area contributed by atoms with Crippen molar-refractivity contribution >= 4 is 17.4 Å². The molecule has 1 aromatic heterocycles. The first-order chi connectivity index (χ1) is 15.4. The van der Waals surface area contributed by atoms with Gasteiger partial charge in [-0.3, -0.25) is 4.79 Å². The van der Waals surface area contributed by atoms with Crippen LogP contribution in [0, 0.1) is 0 Å². The molecule has 6 N–H and O–H groups in total. The Balaban J connectivity index is 1.56. The van der Waals surface area contributed by atoms with Crippen molar-refractivity contribution in [2.45, 2.75) is 25.5 Å². The molecule has 3 rings (SSSR count). The molecule has 0 unspecified atom stereocenters. The Kier molecular flexibility index (Phi) is 7.64. The summed E-state index contributed by atoms with van der Waals surface area (Å²) in [5, 5.41) is 26.3. The van der Waals surface area contributed by atoms with Gasteiger partial charge in [0.25, 0.3) is 5.91 Å². The number of phenols is 1. The van der Waals surface area contributed by atoms with Gasteiger partial charge in [-0.25, -0.2) is 4.98 Å². The first-order valence-electron chi connectivity index (χ1n) is 10.3. The van der Waals surface area contributed by atoms with E-state index in [1.54, 1.807) is 36.5 Å². The van der Waals surface area contributed by atoms with E-state index in [0.29, 0.717) is 41.3 Å². The molecule has 0 aliphatic heterocycles. The number of aliphatic hydroxyl groups is 1. The Labute approximate surface area is 187 Å². The van der Waals surface area contributed by atoms with Gasteiger partial charge in [-0.15, -0.1) is 0 Å². The minimum atomic E-state index is -0.691. The smallest absolute Gasteiger partial charge is 0.255 e. The number of nitrogen functional groups attached to an aromatic ring is 1. The monoisotopic (exact) mass is 436 g/mol. The van der Waals surface area contributed by atoms with Crippen LogP contribution in [-0.2, 0) is 6.42 Å². The number of anilines is 2. The van der Waals surface area contributed by atoms with E-state index in [1.165, 1.54) is 13.2 Å². The number of carbonyl (C=O) groups excluding carboxylic acids is 1. The number of methoxy groups -OCH3 is 1. The molecule has 0 radical (unpaired) electrons. The summed E-state index contributed by atoms with van der Waals surface area (Å²) in [4.78, 5) is 16.6. The minimum absolute atomic E-state index is 0.0455. The van der Waals surface area contributed by atoms with Gasteiger partial charge in [-0.05, 0) is 49.2 Å². The highest BCUT2D eigenvalue weighted by Crippen LogP contribution is 2.28. The zero-order chi connectivity index (χ0) is 23.1. The third kappa shape index (κ3) is 6.19. The van der Waals surface area contributed by atoms with Crippen molar-refractivity contribution in [2.75, 3.05) is 24.7 Å². The average molecular weight is 437 g/mol. The summed E-state index contributed by atoms with van der Waals surface area (Å²) in [6.07, 6.45) is 1.55. The third-order valence-electron chi connectivity index (χ3n) is 5.02. The fraction of sp³-hybridized carbons (Fsp3) is 0.250. The number of aromatic hydroxyl groups is 1. The maximum atomic E-state index is 12.6. The van der Waals surface area contributed by atoms with Gasteiger partial charge >= 0.3 is 0 Å². The molecule has 1 heterocycles. The summed E-state index contributed by atoms with van der Waals surface area (Å²) in [5.41, 5.74) is 8.24. The van der Waals surface area contributed by atoms with Crippen LogP contribution in [-0.4, -0.2) is 40.8 Å². The molecular weight excluding hydrogens is 408 g/mol. The Morgan fingerprint density at radius 1 is 1.19 bits per heavy atom. The lowest BCUT2D eigenvalue weighted by atomic mass is 10.0. The number of amides is 1. The first kappa shape index (κ1) is 23.1. The standard InChI is InChI=1S/C24H28N4O4/c1-15(26-14-21(30)18-6-9-23(25)27-13-18)10-16-4-3-5-17(11-16)24(31)28-19-7-8-22(32-2)20(29)12-19/h3-9,11-13,15,21,26,29-30H,10,14H2,1-2H3,(H2,25,27)(H,28,31)/t15-,21+/m1/s1. The summed E-state index contributed by atoms with van der Waals surface area (Å²) < 4.78 is 5.01. The van der Waals surface area contributed by atoms with Crippen molar-refractivity contribution in [1.29, 1.82) is 0 Å². The molecule has 0 saturated carbocycles. The molecule has 32 heavy (non-hydrogen) atoms. The second-order valence-electron chi connectivity index (χ2n) is 7.59. The highest BCUT2D eigenvalue weighted by atomic mass is 16.5. The molecule has 0 saturated heterocycles. The van der Waals surface area contributed by atoms with Gasteiger partial charge in [0.15, 0.2) is 11.5 Å². The Hall–Kier alpha value is -3.62. The number of aliphatic hydroxyl groups excluding tert-OH is 1. The van der Waals surface area contributed by atoms with Crippen LogP contribution in [0.4, 0.5) is 11.5 Å². The van der Waals surface area contributed by atoms with Crippen LogP contribution in [0.15, 0.2) is 60.8 Å². The van der Waals surface area contributed by atoms with Gasteiger partial charge in [0.2, 0.25) is 0 Å². The Bertz CT molecular complexity index is 1060. The highest BCUT2D eigenvalue weighted by Gasteiger charge is 2.13. The molecule has 1 amide bonds. The average Bonchev–Trinajstić information content (AvgIpc) is 2.78. The second kappa shape index (κ2) is 10.6. The molecule has 8 heteroatoms. The molecule has 0 fully saturated rings. The summed E-state index contributed by atoms with van der Waals surface area (Å²) in [5.74, 6) is 0.429. The summed E-state index contributed by atoms with van der Waals surface area (Å²) in [6.45, 7) is 2.38. The van der Waals surface area contributed by atoms with Crippen molar-refractivity contribution in [2.24, 2.45) is 0 Å². The van der Waals surface area contributed by atoms with E-state index in [-0.39, 0.29) is 17.7 Å². The van der Waals surface area contributed by atoms with Crippen molar-refractivity contribution in [1.82, 2.24) is 10.3 Å². The number of nitrogens with one attached hydrogen (secondary N) is 2. The van der Waals surface area contributed by atoms with Crippen molar-refractivity contribution in [3.05, 3.63) is 77.5 Å². The van der Waals surface area contributed by atoms with E-state index >= 15 is 0 Å². The fourth-order valence-electron chi connectivity index (χ4n) is 3.28. The number of nitrogens with two attached hydrogens (primary N) is 1. The number of hydrogen-bond donors (Lipinski definition) is 5. The van der Waals surface area contributed by atoms with Gasteiger partial charge in [0.1, 0.15) is 5.82 Å². The van der Waals surface area contributed by atoms with Crippen LogP contribution >= 0.6 is 0 Å². The van der Waals surface area contributed by atoms with Crippen molar-refractivity contribution in [3.63, 3.8) is 0 Å². The maximum absolute atomic E-state index is 12.6. The van der Waals surface area contributed by atoms with E-state index in [2.05, 4.69) is 15.6 Å². The first-order valence-corrected chi connectivity index (χ1v) is 10.3. The quantitative estimate of drug-likeness (QED) is 0.349. The molecule has 3 aromatic rings. The van der Waals surface area contributed by atoms with Crippen LogP contribution < -0.4 is 21.1 Å². The van der Waals surface area contributed by atoms with Crippen LogP contribution in [0.1, 0.15) is 34.5 Å². The van der Waals surface area contributed by atoms with Gasteiger partial charge < -0.3 is 31.3 Å². The lowest BCUT2D eigenvalue weighted by Crippen LogP contribution is -2.32. The minimum Gasteiger partial charge on any atom is -0.504 e. The molecule has 2 aromatic carbocycles. The SMILES string of the molecule is COc1ccc(NC(=O)c2cccc(C[C@@H](C)NC[C@H](O)c3ccc(N)nc3)c2)cc1O. The zero-order valence-corrected chi connectivity index (χ0v) is 18.1. The number of benzene rings is 2. The number of ether oxygens (including phenoxy) is 1. The van der Waals surface area contributed by atoms with Crippen LogP contribution in [0.3, 0.4) is 0 Å². The Morgan fingerprint density at radius 3 is 2.69 bits per heavy atom. The summed E-state index contributed by atoms with van der Waals surface area (Å²) in [7, 11) is 1.46. The maximum Gasteiger partial charge on any atom is 0.255 e. The van der Waals surface area contributed by atoms with Crippen LogP contribution in [0.25, 0.3) is 0 Å². The Morgan fingerprint density at radius 2 is 2.00 bits per heavy atom. The number of phenolic OH excluding ortho intramolecular Hbond substituents is 1. The van der Waals surface area contributed by atoms with E-state index < -0.39 is 6.10 Å². The molecule has 2 atom stereocenters. The molecule has 168 valence electrons. The summed E-state index contributed by atoms with van der Waals surface area (Å²) in [6, 6.07) is 15.5. The van der Waals surface area contributed by atoms with Crippen LogP contribution in [0.5, 0.6) is 11.5 Å². The molecule has 0 spiro atoms. The van der Waals surface area contributed by atoms with Gasteiger partial charge in [0, 0.05) is 41.7 Å². The number of carbonyl (C=O) groups is 1.